The number of carbonyl (C=O) groups is 1. The Kier molecular flexibility index (Phi) is 6.17. The summed E-state index contributed by atoms with van der Waals surface area (Å²) in [4.78, 5) is 15.6. The van der Waals surface area contributed by atoms with Gasteiger partial charge in [-0.2, -0.15) is 5.10 Å². The number of aromatic nitrogens is 2. The molecule has 4 rings (SSSR count). The highest BCUT2D eigenvalue weighted by molar-refractivity contribution is 6.24. The molecule has 0 N–H and O–H groups in total. The Morgan fingerprint density at radius 1 is 1.09 bits per heavy atom. The molecule has 166 valence electrons. The van der Waals surface area contributed by atoms with Crippen LogP contribution in [-0.4, -0.2) is 33.7 Å². The molecule has 0 saturated heterocycles. The van der Waals surface area contributed by atoms with Crippen LogP contribution in [0.5, 0.6) is 5.75 Å². The lowest BCUT2D eigenvalue weighted by Crippen LogP contribution is -2.38. The number of hydrogen-bond acceptors (Lipinski definition) is 3. The standard InChI is InChI=1S/C27H31N3O2/c1-5-32-23-13-11-20(12-14-23)17-24(21-9-7-6-8-10-21)26(31)29-16-15-25-22(19-29)18-28-30(25)27(2,3)4/h6-14,17-18H,5,15-16,19H2,1-4H3/b24-17+. The van der Waals surface area contributed by atoms with Crippen molar-refractivity contribution < 1.29 is 9.53 Å². The Morgan fingerprint density at radius 2 is 1.81 bits per heavy atom. The second-order valence-corrected chi connectivity index (χ2v) is 9.10. The Bertz CT molecular complexity index is 1110. The molecule has 3 aromatic rings. The van der Waals surface area contributed by atoms with Gasteiger partial charge in [0.1, 0.15) is 5.75 Å². The monoisotopic (exact) mass is 429 g/mol. The second-order valence-electron chi connectivity index (χ2n) is 9.10. The molecular weight excluding hydrogens is 398 g/mol. The summed E-state index contributed by atoms with van der Waals surface area (Å²) in [6.07, 6.45) is 4.70. The molecule has 1 aliphatic heterocycles. The van der Waals surface area contributed by atoms with Gasteiger partial charge in [-0.15, -0.1) is 0 Å². The van der Waals surface area contributed by atoms with E-state index in [0.717, 1.165) is 28.9 Å². The van der Waals surface area contributed by atoms with E-state index in [4.69, 9.17) is 4.74 Å². The smallest absolute Gasteiger partial charge is 0.254 e. The third-order valence-corrected chi connectivity index (χ3v) is 5.68. The Morgan fingerprint density at radius 3 is 2.47 bits per heavy atom. The van der Waals surface area contributed by atoms with Crippen LogP contribution in [0.1, 0.15) is 50.1 Å². The molecule has 2 heterocycles. The summed E-state index contributed by atoms with van der Waals surface area (Å²) >= 11 is 0. The minimum atomic E-state index is -0.0669. The third kappa shape index (κ3) is 4.62. The van der Waals surface area contributed by atoms with Crippen LogP contribution in [0, 0.1) is 0 Å². The van der Waals surface area contributed by atoms with E-state index in [0.29, 0.717) is 25.3 Å². The number of carbonyl (C=O) groups excluding carboxylic acids is 1. The Hall–Kier alpha value is -3.34. The van der Waals surface area contributed by atoms with E-state index in [9.17, 15) is 4.79 Å². The van der Waals surface area contributed by atoms with E-state index >= 15 is 0 Å². The average Bonchev–Trinajstić information content (AvgIpc) is 3.23. The van der Waals surface area contributed by atoms with Gasteiger partial charge >= 0.3 is 0 Å². The van der Waals surface area contributed by atoms with Gasteiger partial charge in [0, 0.05) is 36.3 Å². The molecule has 0 bridgehead atoms. The quantitative estimate of drug-likeness (QED) is 0.416. The molecule has 2 aromatic carbocycles. The van der Waals surface area contributed by atoms with Gasteiger partial charge in [-0.3, -0.25) is 9.48 Å². The maximum Gasteiger partial charge on any atom is 0.254 e. The van der Waals surface area contributed by atoms with Gasteiger partial charge < -0.3 is 9.64 Å². The molecule has 5 heteroatoms. The summed E-state index contributed by atoms with van der Waals surface area (Å²) in [5, 5.41) is 4.61. The van der Waals surface area contributed by atoms with Crippen molar-refractivity contribution in [3.63, 3.8) is 0 Å². The maximum atomic E-state index is 13.7. The molecule has 0 fully saturated rings. The van der Waals surface area contributed by atoms with Crippen molar-refractivity contribution in [2.24, 2.45) is 0 Å². The maximum absolute atomic E-state index is 13.7. The molecule has 1 aromatic heterocycles. The Balaban J connectivity index is 1.63. The molecule has 0 saturated carbocycles. The van der Waals surface area contributed by atoms with Crippen LogP contribution in [0.3, 0.4) is 0 Å². The van der Waals surface area contributed by atoms with Crippen LogP contribution in [0.4, 0.5) is 0 Å². The third-order valence-electron chi connectivity index (χ3n) is 5.68. The van der Waals surface area contributed by atoms with Gasteiger partial charge in [0.25, 0.3) is 5.91 Å². The molecular formula is C27H31N3O2. The zero-order valence-electron chi connectivity index (χ0n) is 19.3. The number of ether oxygens (including phenoxy) is 1. The molecule has 0 radical (unpaired) electrons. The highest BCUT2D eigenvalue weighted by Gasteiger charge is 2.29. The van der Waals surface area contributed by atoms with Gasteiger partial charge in [0.2, 0.25) is 0 Å². The molecule has 0 atom stereocenters. The summed E-state index contributed by atoms with van der Waals surface area (Å²) < 4.78 is 7.64. The van der Waals surface area contributed by atoms with Gasteiger partial charge in [-0.05, 0) is 57.0 Å². The van der Waals surface area contributed by atoms with Crippen LogP contribution in [0.25, 0.3) is 11.6 Å². The SMILES string of the molecule is CCOc1ccc(/C=C(/C(=O)N2CCc3c(cnn3C(C)(C)C)C2)c2ccccc2)cc1. The first kappa shape index (κ1) is 21.9. The van der Waals surface area contributed by atoms with Crippen molar-refractivity contribution in [3.05, 3.63) is 83.2 Å². The largest absolute Gasteiger partial charge is 0.494 e. The fraction of sp³-hybridized carbons (Fsp3) is 0.333. The minimum Gasteiger partial charge on any atom is -0.494 e. The molecule has 0 aliphatic carbocycles. The highest BCUT2D eigenvalue weighted by atomic mass is 16.5. The van der Waals surface area contributed by atoms with Crippen molar-refractivity contribution in [3.8, 4) is 5.75 Å². The van der Waals surface area contributed by atoms with E-state index in [2.05, 4.69) is 30.6 Å². The van der Waals surface area contributed by atoms with Gasteiger partial charge in [-0.1, -0.05) is 42.5 Å². The second kappa shape index (κ2) is 9.03. The summed E-state index contributed by atoms with van der Waals surface area (Å²) in [5.74, 6) is 0.871. The lowest BCUT2D eigenvalue weighted by molar-refractivity contribution is -0.125. The van der Waals surface area contributed by atoms with E-state index < -0.39 is 0 Å². The highest BCUT2D eigenvalue weighted by Crippen LogP contribution is 2.28. The summed E-state index contributed by atoms with van der Waals surface area (Å²) in [5.41, 5.74) is 4.89. The zero-order valence-corrected chi connectivity index (χ0v) is 19.3. The normalized spacial score (nSPS) is 14.2. The van der Waals surface area contributed by atoms with Crippen molar-refractivity contribution in [1.29, 1.82) is 0 Å². The average molecular weight is 430 g/mol. The molecule has 1 aliphatic rings. The van der Waals surface area contributed by atoms with Crippen LogP contribution in [-0.2, 0) is 23.3 Å². The first-order chi connectivity index (χ1) is 15.4. The van der Waals surface area contributed by atoms with Crippen molar-refractivity contribution in [2.75, 3.05) is 13.2 Å². The van der Waals surface area contributed by atoms with E-state index in [-0.39, 0.29) is 11.4 Å². The first-order valence-electron chi connectivity index (χ1n) is 11.2. The summed E-state index contributed by atoms with van der Waals surface area (Å²) in [6, 6.07) is 17.7. The first-order valence-corrected chi connectivity index (χ1v) is 11.2. The van der Waals surface area contributed by atoms with Crippen LogP contribution in [0.2, 0.25) is 0 Å². The zero-order chi connectivity index (χ0) is 22.7. The molecule has 1 amide bonds. The lowest BCUT2D eigenvalue weighted by Gasteiger charge is -2.31. The summed E-state index contributed by atoms with van der Waals surface area (Å²) in [6.45, 7) is 10.3. The van der Waals surface area contributed by atoms with Crippen molar-refractivity contribution in [2.45, 2.75) is 46.2 Å². The lowest BCUT2D eigenvalue weighted by atomic mass is 9.99. The number of fused-ring (bicyclic) bond motifs is 1. The molecule has 0 unspecified atom stereocenters. The van der Waals surface area contributed by atoms with E-state index in [1.807, 2.05) is 78.7 Å². The molecule has 0 spiro atoms. The number of nitrogens with zero attached hydrogens (tertiary/aromatic N) is 3. The van der Waals surface area contributed by atoms with Crippen LogP contribution < -0.4 is 4.74 Å². The number of amides is 1. The Labute approximate surface area is 190 Å². The van der Waals surface area contributed by atoms with Gasteiger partial charge in [-0.25, -0.2) is 0 Å². The van der Waals surface area contributed by atoms with Crippen LogP contribution in [0.15, 0.2) is 60.8 Å². The predicted molar refractivity (Wildman–Crippen MR) is 128 cm³/mol. The number of benzene rings is 2. The van der Waals surface area contributed by atoms with Crippen LogP contribution >= 0.6 is 0 Å². The fourth-order valence-electron chi connectivity index (χ4n) is 4.13. The van der Waals surface area contributed by atoms with E-state index in [1.54, 1.807) is 0 Å². The van der Waals surface area contributed by atoms with Gasteiger partial charge in [0.15, 0.2) is 0 Å². The number of hydrogen-bond donors (Lipinski definition) is 0. The summed E-state index contributed by atoms with van der Waals surface area (Å²) in [7, 11) is 0. The molecule has 5 nitrogen and oxygen atoms in total. The topological polar surface area (TPSA) is 47.4 Å². The fourth-order valence-corrected chi connectivity index (χ4v) is 4.13. The predicted octanol–water partition coefficient (Wildman–Crippen LogP) is 5.16. The minimum absolute atomic E-state index is 0.0410. The molecule has 32 heavy (non-hydrogen) atoms. The van der Waals surface area contributed by atoms with E-state index in [1.165, 1.54) is 5.69 Å². The van der Waals surface area contributed by atoms with Crippen molar-refractivity contribution >= 4 is 17.6 Å². The van der Waals surface area contributed by atoms with Gasteiger partial charge in [0.05, 0.1) is 18.3 Å². The number of rotatable bonds is 5. The van der Waals surface area contributed by atoms with Crippen molar-refractivity contribution in [1.82, 2.24) is 14.7 Å².